The van der Waals surface area contributed by atoms with Gasteiger partial charge in [0.25, 0.3) is 0 Å². The summed E-state index contributed by atoms with van der Waals surface area (Å²) in [6.07, 6.45) is 2.19. The van der Waals surface area contributed by atoms with Gasteiger partial charge < -0.3 is 15.3 Å². The van der Waals surface area contributed by atoms with E-state index in [1.165, 1.54) is 0 Å². The van der Waals surface area contributed by atoms with Crippen LogP contribution in [0.3, 0.4) is 0 Å². The van der Waals surface area contributed by atoms with Gasteiger partial charge >= 0.3 is 5.97 Å². The Kier molecular flexibility index (Phi) is 9.41. The first-order valence-corrected chi connectivity index (χ1v) is 7.26. The van der Waals surface area contributed by atoms with Gasteiger partial charge in [-0.05, 0) is 20.3 Å². The summed E-state index contributed by atoms with van der Waals surface area (Å²) in [5, 5.41) is 11.5. The zero-order valence-electron chi connectivity index (χ0n) is 12.6. The second kappa shape index (κ2) is 10.2. The number of hydrogen-bond donors (Lipinski definition) is 2. The Morgan fingerprint density at radius 1 is 1.10 bits per heavy atom. The lowest BCUT2D eigenvalue weighted by atomic mass is 10.1. The molecule has 0 saturated heterocycles. The Bertz CT molecular complexity index is 327. The Morgan fingerprint density at radius 3 is 2.15 bits per heavy atom. The monoisotopic (exact) mass is 286 g/mol. The van der Waals surface area contributed by atoms with Crippen LogP contribution >= 0.6 is 0 Å². The third-order valence-corrected chi connectivity index (χ3v) is 3.16. The molecular weight excluding hydrogens is 260 g/mol. The highest BCUT2D eigenvalue weighted by molar-refractivity contribution is 5.86. The van der Waals surface area contributed by atoms with Gasteiger partial charge in [0, 0.05) is 25.9 Å². The van der Waals surface area contributed by atoms with Crippen LogP contribution < -0.4 is 5.32 Å². The number of carbonyl (C=O) groups excluding carboxylic acids is 2. The first-order chi connectivity index (χ1) is 9.46. The summed E-state index contributed by atoms with van der Waals surface area (Å²) < 4.78 is 0. The van der Waals surface area contributed by atoms with Crippen LogP contribution in [0.5, 0.6) is 0 Å². The van der Waals surface area contributed by atoms with Crippen molar-refractivity contribution in [2.24, 2.45) is 0 Å². The minimum atomic E-state index is -1.03. The van der Waals surface area contributed by atoms with Gasteiger partial charge in [-0.25, -0.2) is 4.79 Å². The summed E-state index contributed by atoms with van der Waals surface area (Å²) in [5.41, 5.74) is 0. The molecule has 2 N–H and O–H groups in total. The average Bonchev–Trinajstić information content (AvgIpc) is 2.42. The van der Waals surface area contributed by atoms with E-state index in [4.69, 9.17) is 5.11 Å². The quantitative estimate of drug-likeness (QED) is 0.635. The number of nitrogens with one attached hydrogen (secondary N) is 1. The SMILES string of the molecule is CCCCC(NC(=O)CCC(=O)N(CC)CC)C(=O)O. The van der Waals surface area contributed by atoms with E-state index in [1.54, 1.807) is 4.90 Å². The highest BCUT2D eigenvalue weighted by atomic mass is 16.4. The Morgan fingerprint density at radius 2 is 1.70 bits per heavy atom. The van der Waals surface area contributed by atoms with Gasteiger partial charge in [-0.1, -0.05) is 19.8 Å². The van der Waals surface area contributed by atoms with Crippen LogP contribution in [0.15, 0.2) is 0 Å². The van der Waals surface area contributed by atoms with Gasteiger partial charge in [0.05, 0.1) is 0 Å². The molecule has 0 radical (unpaired) electrons. The molecule has 0 bridgehead atoms. The predicted octanol–water partition coefficient (Wildman–Crippen LogP) is 1.39. The van der Waals surface area contributed by atoms with Crippen LogP contribution in [0.2, 0.25) is 0 Å². The van der Waals surface area contributed by atoms with Gasteiger partial charge in [0.15, 0.2) is 0 Å². The molecule has 0 aromatic carbocycles. The summed E-state index contributed by atoms with van der Waals surface area (Å²) in [5.74, 6) is -1.48. The van der Waals surface area contributed by atoms with Gasteiger partial charge in [-0.3, -0.25) is 9.59 Å². The van der Waals surface area contributed by atoms with Crippen LogP contribution in [0.4, 0.5) is 0 Å². The number of nitrogens with zero attached hydrogens (tertiary/aromatic N) is 1. The van der Waals surface area contributed by atoms with Crippen LogP contribution in [0, 0.1) is 0 Å². The second-order valence-electron chi connectivity index (χ2n) is 4.67. The zero-order valence-corrected chi connectivity index (χ0v) is 12.6. The fourth-order valence-corrected chi connectivity index (χ4v) is 1.89. The largest absolute Gasteiger partial charge is 0.480 e. The molecule has 20 heavy (non-hydrogen) atoms. The van der Waals surface area contributed by atoms with Crippen molar-refractivity contribution in [3.63, 3.8) is 0 Å². The van der Waals surface area contributed by atoms with E-state index < -0.39 is 12.0 Å². The Labute approximate surface area is 120 Å². The molecule has 6 nitrogen and oxygen atoms in total. The van der Waals surface area contributed by atoms with Crippen molar-refractivity contribution in [2.45, 2.75) is 58.9 Å². The molecule has 1 unspecified atom stereocenters. The minimum absolute atomic E-state index is 0.0330. The van der Waals surface area contributed by atoms with Crippen LogP contribution in [-0.4, -0.2) is 46.9 Å². The number of unbranched alkanes of at least 4 members (excludes halogenated alkanes) is 1. The molecular formula is C14H26N2O4. The number of carboxylic acids is 1. The third kappa shape index (κ3) is 7.11. The molecule has 0 aliphatic rings. The van der Waals surface area contributed by atoms with Gasteiger partial charge in [-0.15, -0.1) is 0 Å². The van der Waals surface area contributed by atoms with Crippen LogP contribution in [0.1, 0.15) is 52.9 Å². The summed E-state index contributed by atoms with van der Waals surface area (Å²) in [7, 11) is 0. The lowest BCUT2D eigenvalue weighted by Crippen LogP contribution is -2.41. The zero-order chi connectivity index (χ0) is 15.5. The Hall–Kier alpha value is -1.59. The van der Waals surface area contributed by atoms with Crippen molar-refractivity contribution in [1.29, 1.82) is 0 Å². The fourth-order valence-electron chi connectivity index (χ4n) is 1.89. The maximum Gasteiger partial charge on any atom is 0.326 e. The smallest absolute Gasteiger partial charge is 0.326 e. The van der Waals surface area contributed by atoms with Gasteiger partial charge in [-0.2, -0.15) is 0 Å². The van der Waals surface area contributed by atoms with E-state index in [0.717, 1.165) is 12.8 Å². The number of hydrogen-bond acceptors (Lipinski definition) is 3. The average molecular weight is 286 g/mol. The molecule has 6 heteroatoms. The molecule has 0 aromatic heterocycles. The van der Waals surface area contributed by atoms with Gasteiger partial charge in [0.1, 0.15) is 6.04 Å². The van der Waals surface area contributed by atoms with E-state index in [0.29, 0.717) is 19.5 Å². The molecule has 116 valence electrons. The molecule has 0 aromatic rings. The molecule has 0 aliphatic carbocycles. The highest BCUT2D eigenvalue weighted by Gasteiger charge is 2.20. The molecule has 0 rings (SSSR count). The van der Waals surface area contributed by atoms with E-state index in [1.807, 2.05) is 20.8 Å². The first kappa shape index (κ1) is 18.4. The third-order valence-electron chi connectivity index (χ3n) is 3.16. The standard InChI is InChI=1S/C14H26N2O4/c1-4-7-8-11(14(19)20)15-12(17)9-10-13(18)16(5-2)6-3/h11H,4-10H2,1-3H3,(H,15,17)(H,19,20). The summed E-state index contributed by atoms with van der Waals surface area (Å²) in [6, 6.07) is -0.856. The van der Waals surface area contributed by atoms with E-state index in [2.05, 4.69) is 5.32 Å². The maximum absolute atomic E-state index is 11.7. The van der Waals surface area contributed by atoms with Crippen molar-refractivity contribution in [3.8, 4) is 0 Å². The summed E-state index contributed by atoms with van der Waals surface area (Å²) in [6.45, 7) is 6.96. The molecule has 0 spiro atoms. The maximum atomic E-state index is 11.7. The van der Waals surface area contributed by atoms with Crippen molar-refractivity contribution in [3.05, 3.63) is 0 Å². The van der Waals surface area contributed by atoms with Crippen LogP contribution in [0.25, 0.3) is 0 Å². The summed E-state index contributed by atoms with van der Waals surface area (Å²) >= 11 is 0. The number of aliphatic carboxylic acids is 1. The molecule has 2 amide bonds. The normalized spacial score (nSPS) is 11.8. The summed E-state index contributed by atoms with van der Waals surface area (Å²) in [4.78, 5) is 36.1. The molecule has 0 aliphatic heterocycles. The fraction of sp³-hybridized carbons (Fsp3) is 0.786. The molecule has 0 fully saturated rings. The number of amides is 2. The molecule has 0 heterocycles. The van der Waals surface area contributed by atoms with Crippen molar-refractivity contribution >= 4 is 17.8 Å². The second-order valence-corrected chi connectivity index (χ2v) is 4.67. The van der Waals surface area contributed by atoms with E-state index in [9.17, 15) is 14.4 Å². The van der Waals surface area contributed by atoms with E-state index >= 15 is 0 Å². The topological polar surface area (TPSA) is 86.7 Å². The molecule has 0 saturated carbocycles. The lowest BCUT2D eigenvalue weighted by molar-refractivity contribution is -0.142. The van der Waals surface area contributed by atoms with E-state index in [-0.39, 0.29) is 24.7 Å². The van der Waals surface area contributed by atoms with Gasteiger partial charge in [0.2, 0.25) is 11.8 Å². The lowest BCUT2D eigenvalue weighted by Gasteiger charge is -2.19. The number of carboxylic acid groups (broad SMARTS) is 1. The van der Waals surface area contributed by atoms with Crippen LogP contribution in [-0.2, 0) is 14.4 Å². The highest BCUT2D eigenvalue weighted by Crippen LogP contribution is 2.03. The molecule has 1 atom stereocenters. The predicted molar refractivity (Wildman–Crippen MR) is 76.3 cm³/mol. The number of rotatable bonds is 10. The Balaban J connectivity index is 4.19. The van der Waals surface area contributed by atoms with Crippen molar-refractivity contribution in [1.82, 2.24) is 10.2 Å². The number of carbonyl (C=O) groups is 3. The first-order valence-electron chi connectivity index (χ1n) is 7.26. The van der Waals surface area contributed by atoms with Crippen molar-refractivity contribution < 1.29 is 19.5 Å². The minimum Gasteiger partial charge on any atom is -0.480 e. The van der Waals surface area contributed by atoms with Crippen molar-refractivity contribution in [2.75, 3.05) is 13.1 Å².